The molecule has 0 aromatic rings. The smallest absolute Gasteiger partial charge is 0.139 e. The molecule has 0 aromatic carbocycles. The van der Waals surface area contributed by atoms with Crippen LogP contribution >= 0.6 is 0 Å². The minimum atomic E-state index is -0.0341. The predicted octanol–water partition coefficient (Wildman–Crippen LogP) is 3.10. The molecule has 0 heterocycles. The first-order valence-corrected chi connectivity index (χ1v) is 5.33. The van der Waals surface area contributed by atoms with E-state index in [1.807, 2.05) is 0 Å². The molecule has 2 atom stereocenters. The fourth-order valence-electron chi connectivity index (χ4n) is 3.02. The normalized spacial score (nSPS) is 40.2. The van der Waals surface area contributed by atoms with Crippen molar-refractivity contribution in [3.05, 3.63) is 12.2 Å². The van der Waals surface area contributed by atoms with E-state index in [0.29, 0.717) is 11.7 Å². The summed E-state index contributed by atoms with van der Waals surface area (Å²) in [6.45, 7) is 6.19. The van der Waals surface area contributed by atoms with E-state index in [1.165, 1.54) is 18.4 Å². The number of ketones is 1. The summed E-state index contributed by atoms with van der Waals surface area (Å²) in [7, 11) is 0. The fourth-order valence-corrected chi connectivity index (χ4v) is 3.02. The summed E-state index contributed by atoms with van der Waals surface area (Å²) < 4.78 is 0. The average molecular weight is 178 g/mol. The van der Waals surface area contributed by atoms with Gasteiger partial charge in [0.15, 0.2) is 0 Å². The summed E-state index contributed by atoms with van der Waals surface area (Å²) in [5.41, 5.74) is 1.26. The summed E-state index contributed by atoms with van der Waals surface area (Å²) in [6.07, 6.45) is 6.44. The van der Waals surface area contributed by atoms with E-state index < -0.39 is 0 Å². The maximum absolute atomic E-state index is 11.9. The largest absolute Gasteiger partial charge is 0.299 e. The molecule has 0 aromatic heterocycles. The molecule has 0 spiro atoms. The average Bonchev–Trinajstić information content (AvgIpc) is 2.29. The zero-order chi connectivity index (χ0) is 9.47. The zero-order valence-corrected chi connectivity index (χ0v) is 8.44. The highest BCUT2D eigenvalue weighted by molar-refractivity contribution is 5.86. The van der Waals surface area contributed by atoms with Crippen LogP contribution in [0, 0.1) is 11.3 Å². The predicted molar refractivity (Wildman–Crippen MR) is 53.4 cm³/mol. The molecule has 0 unspecified atom stereocenters. The number of rotatable bonds is 0. The van der Waals surface area contributed by atoms with Crippen molar-refractivity contribution in [2.45, 2.75) is 45.4 Å². The van der Waals surface area contributed by atoms with Gasteiger partial charge in [0.05, 0.1) is 0 Å². The van der Waals surface area contributed by atoms with Crippen molar-refractivity contribution < 1.29 is 4.79 Å². The highest BCUT2D eigenvalue weighted by Crippen LogP contribution is 2.50. The summed E-state index contributed by atoms with van der Waals surface area (Å²) in [5.74, 6) is 1.10. The molecule has 2 rings (SSSR count). The number of Topliss-reactive ketones (excluding diaryl/α,β-unsaturated/α-hetero) is 1. The third kappa shape index (κ3) is 1.34. The molecule has 13 heavy (non-hydrogen) atoms. The van der Waals surface area contributed by atoms with Crippen LogP contribution in [0.2, 0.25) is 0 Å². The van der Waals surface area contributed by atoms with Crippen molar-refractivity contribution >= 4 is 5.78 Å². The number of carbonyl (C=O) groups excluding carboxylic acids is 1. The van der Waals surface area contributed by atoms with Gasteiger partial charge < -0.3 is 0 Å². The third-order valence-corrected chi connectivity index (χ3v) is 3.90. The second-order valence-corrected chi connectivity index (χ2v) is 4.91. The van der Waals surface area contributed by atoms with Crippen LogP contribution in [0.3, 0.4) is 0 Å². The Balaban J connectivity index is 2.28. The van der Waals surface area contributed by atoms with Crippen molar-refractivity contribution in [1.29, 1.82) is 0 Å². The van der Waals surface area contributed by atoms with Gasteiger partial charge >= 0.3 is 0 Å². The maximum Gasteiger partial charge on any atom is 0.139 e. The Morgan fingerprint density at radius 2 is 2.23 bits per heavy atom. The van der Waals surface area contributed by atoms with E-state index in [4.69, 9.17) is 0 Å². The summed E-state index contributed by atoms with van der Waals surface area (Å²) >= 11 is 0. The Morgan fingerprint density at radius 3 is 3.00 bits per heavy atom. The van der Waals surface area contributed by atoms with Gasteiger partial charge in [-0.25, -0.2) is 0 Å². The molecule has 0 N–H and O–H groups in total. The Bertz CT molecular complexity index is 254. The molecule has 0 radical (unpaired) electrons. The summed E-state index contributed by atoms with van der Waals surface area (Å²) in [5, 5.41) is 0. The van der Waals surface area contributed by atoms with Crippen LogP contribution < -0.4 is 0 Å². The Labute approximate surface area is 80.2 Å². The van der Waals surface area contributed by atoms with E-state index in [1.54, 1.807) is 0 Å². The molecule has 0 saturated heterocycles. The van der Waals surface area contributed by atoms with Crippen LogP contribution in [0.15, 0.2) is 12.2 Å². The van der Waals surface area contributed by atoms with Gasteiger partial charge in [-0.3, -0.25) is 4.79 Å². The number of hydrogen-bond acceptors (Lipinski definition) is 1. The summed E-state index contributed by atoms with van der Waals surface area (Å²) in [6, 6.07) is 0. The number of hydrogen-bond donors (Lipinski definition) is 0. The van der Waals surface area contributed by atoms with Gasteiger partial charge in [0.2, 0.25) is 0 Å². The van der Waals surface area contributed by atoms with Gasteiger partial charge in [0.25, 0.3) is 0 Å². The number of fused-ring (bicyclic) bond motifs is 1. The van der Waals surface area contributed by atoms with E-state index in [0.717, 1.165) is 25.7 Å². The van der Waals surface area contributed by atoms with Crippen molar-refractivity contribution in [3.63, 3.8) is 0 Å². The van der Waals surface area contributed by atoms with Gasteiger partial charge in [0.1, 0.15) is 5.78 Å². The molecule has 0 amide bonds. The van der Waals surface area contributed by atoms with E-state index in [-0.39, 0.29) is 5.41 Å². The van der Waals surface area contributed by atoms with Crippen LogP contribution in [-0.2, 0) is 4.79 Å². The van der Waals surface area contributed by atoms with Crippen LogP contribution in [0.4, 0.5) is 0 Å². The Morgan fingerprint density at radius 1 is 1.46 bits per heavy atom. The Kier molecular flexibility index (Phi) is 2.05. The first kappa shape index (κ1) is 8.98. The molecule has 2 aliphatic carbocycles. The molecule has 0 aliphatic heterocycles. The number of carbonyl (C=O) groups is 1. The highest BCUT2D eigenvalue weighted by atomic mass is 16.1. The third-order valence-electron chi connectivity index (χ3n) is 3.90. The van der Waals surface area contributed by atoms with Crippen LogP contribution in [0.1, 0.15) is 45.4 Å². The topological polar surface area (TPSA) is 17.1 Å². The second-order valence-electron chi connectivity index (χ2n) is 4.91. The molecule has 2 aliphatic rings. The molecular weight excluding hydrogens is 160 g/mol. The highest BCUT2D eigenvalue weighted by Gasteiger charge is 2.46. The molecule has 1 heteroatoms. The van der Waals surface area contributed by atoms with Crippen LogP contribution in [0.5, 0.6) is 0 Å². The molecule has 2 saturated carbocycles. The first-order chi connectivity index (χ1) is 6.13. The Hall–Kier alpha value is -0.590. The minimum absolute atomic E-state index is 0.0341. The summed E-state index contributed by atoms with van der Waals surface area (Å²) in [4.78, 5) is 11.9. The van der Waals surface area contributed by atoms with Crippen molar-refractivity contribution in [2.24, 2.45) is 11.3 Å². The monoisotopic (exact) mass is 178 g/mol. The van der Waals surface area contributed by atoms with Gasteiger partial charge in [-0.05, 0) is 31.6 Å². The lowest BCUT2D eigenvalue weighted by atomic mass is 9.75. The molecule has 2 fully saturated rings. The first-order valence-electron chi connectivity index (χ1n) is 5.33. The van der Waals surface area contributed by atoms with Crippen molar-refractivity contribution in [3.8, 4) is 0 Å². The van der Waals surface area contributed by atoms with E-state index >= 15 is 0 Å². The molecule has 72 valence electrons. The quantitative estimate of drug-likeness (QED) is 0.521. The van der Waals surface area contributed by atoms with Gasteiger partial charge in [0, 0.05) is 11.8 Å². The zero-order valence-electron chi connectivity index (χ0n) is 8.44. The minimum Gasteiger partial charge on any atom is -0.299 e. The molecular formula is C12H18O. The lowest BCUT2D eigenvalue weighted by molar-refractivity contribution is -0.129. The van der Waals surface area contributed by atoms with E-state index in [9.17, 15) is 4.79 Å². The maximum atomic E-state index is 11.9. The van der Waals surface area contributed by atoms with Crippen LogP contribution in [-0.4, -0.2) is 5.78 Å². The number of allylic oxidation sites excluding steroid dienone is 1. The fraction of sp³-hybridized carbons (Fsp3) is 0.750. The van der Waals surface area contributed by atoms with Gasteiger partial charge in [-0.1, -0.05) is 25.5 Å². The second kappa shape index (κ2) is 2.97. The lowest BCUT2D eigenvalue weighted by Gasteiger charge is -2.27. The van der Waals surface area contributed by atoms with E-state index in [2.05, 4.69) is 13.5 Å². The SMILES string of the molecule is C=C1C[C@H]2CCCCC(=O)[C@@]2(C)C1. The van der Waals surface area contributed by atoms with Crippen molar-refractivity contribution in [1.82, 2.24) is 0 Å². The molecule has 1 nitrogen and oxygen atoms in total. The standard InChI is InChI=1S/C12H18O/c1-9-7-10-5-3-4-6-11(13)12(10,2)8-9/h10H,1,3-8H2,2H3/t10-,12+/m1/s1. The van der Waals surface area contributed by atoms with Gasteiger partial charge in [-0.15, -0.1) is 0 Å². The lowest BCUT2D eigenvalue weighted by Crippen LogP contribution is -2.29. The van der Waals surface area contributed by atoms with Crippen LogP contribution in [0.25, 0.3) is 0 Å². The van der Waals surface area contributed by atoms with Gasteiger partial charge in [-0.2, -0.15) is 0 Å². The molecule has 0 bridgehead atoms. The van der Waals surface area contributed by atoms with Crippen molar-refractivity contribution in [2.75, 3.05) is 0 Å².